The van der Waals surface area contributed by atoms with Crippen LogP contribution in [-0.4, -0.2) is 90.5 Å². The number of fused-ring (bicyclic) bond motifs is 1. The van der Waals surface area contributed by atoms with E-state index in [1.165, 1.54) is 38.1 Å². The number of phenols is 3. The van der Waals surface area contributed by atoms with Crippen molar-refractivity contribution in [3.8, 4) is 28.6 Å². The second kappa shape index (κ2) is 10.4. The van der Waals surface area contributed by atoms with Crippen molar-refractivity contribution in [1.82, 2.24) is 0 Å². The van der Waals surface area contributed by atoms with Crippen LogP contribution in [0.15, 0.2) is 45.6 Å². The third-order valence-electron chi connectivity index (χ3n) is 7.19. The number of carbonyl (C=O) groups excluding carboxylic acids is 1. The van der Waals surface area contributed by atoms with E-state index in [0.717, 1.165) is 12.1 Å². The summed E-state index contributed by atoms with van der Waals surface area (Å²) in [7, 11) is 0. The number of hydrogen-bond acceptors (Lipinski definition) is 13. The zero-order valence-electron chi connectivity index (χ0n) is 21.2. The fraction of sp³-hybridized carbons (Fsp3) is 0.407. The summed E-state index contributed by atoms with van der Waals surface area (Å²) in [5.74, 6) is -2.27. The minimum Gasteiger partial charge on any atom is -0.508 e. The number of carbonyl (C=O) groups is 1. The molecule has 3 heterocycles. The van der Waals surface area contributed by atoms with Crippen molar-refractivity contribution in [3.63, 3.8) is 0 Å². The number of rotatable bonds is 4. The maximum Gasteiger partial charge on any atom is 0.197 e. The van der Waals surface area contributed by atoms with Crippen LogP contribution in [0.2, 0.25) is 0 Å². The van der Waals surface area contributed by atoms with Crippen LogP contribution in [-0.2, 0) is 19.0 Å². The van der Waals surface area contributed by atoms with E-state index in [1.54, 1.807) is 0 Å². The van der Waals surface area contributed by atoms with E-state index in [-0.39, 0.29) is 22.5 Å². The number of hydrogen-bond donors (Lipinski definition) is 7. The fourth-order valence-electron chi connectivity index (χ4n) is 4.91. The molecule has 2 aliphatic heterocycles. The van der Waals surface area contributed by atoms with Gasteiger partial charge in [-0.2, -0.15) is 0 Å². The van der Waals surface area contributed by atoms with Gasteiger partial charge in [0.05, 0.1) is 17.8 Å². The quantitative estimate of drug-likeness (QED) is 0.227. The summed E-state index contributed by atoms with van der Waals surface area (Å²) >= 11 is 0. The lowest BCUT2D eigenvalue weighted by molar-refractivity contribution is -0.314. The molecule has 5 rings (SSSR count). The number of aliphatic hydroxyl groups excluding tert-OH is 4. The summed E-state index contributed by atoms with van der Waals surface area (Å²) in [4.78, 5) is 26.2. The van der Waals surface area contributed by atoms with Gasteiger partial charge in [-0.1, -0.05) is 0 Å². The SMILES string of the molecule is CC1OC(c2c(O)cc3oc(-c4ccc(O)cc4)cc(=O)c3c2O)C(OC2OC(C)C(O)C(O)C2O)C(=O)C1O. The lowest BCUT2D eigenvalue weighted by Crippen LogP contribution is -2.60. The first kappa shape index (κ1) is 28.0. The van der Waals surface area contributed by atoms with Gasteiger partial charge in [-0.05, 0) is 38.1 Å². The molecular weight excluding hydrogens is 532 g/mol. The van der Waals surface area contributed by atoms with E-state index < -0.39 is 83.4 Å². The highest BCUT2D eigenvalue weighted by Gasteiger charge is 2.50. The highest BCUT2D eigenvalue weighted by Crippen LogP contribution is 2.45. The molecule has 2 fully saturated rings. The third kappa shape index (κ3) is 4.71. The first-order chi connectivity index (χ1) is 18.9. The Hall–Kier alpha value is -3.56. The zero-order valence-corrected chi connectivity index (χ0v) is 21.2. The average Bonchev–Trinajstić information content (AvgIpc) is 2.91. The van der Waals surface area contributed by atoms with Crippen molar-refractivity contribution in [2.45, 2.75) is 69.0 Å². The molecule has 2 saturated heterocycles. The molecule has 0 amide bonds. The van der Waals surface area contributed by atoms with Crippen LogP contribution in [0.4, 0.5) is 0 Å². The summed E-state index contributed by atoms with van der Waals surface area (Å²) in [6.45, 7) is 2.77. The summed E-state index contributed by atoms with van der Waals surface area (Å²) in [6.07, 6.45) is -13.9. The van der Waals surface area contributed by atoms with Crippen LogP contribution in [0.3, 0.4) is 0 Å². The van der Waals surface area contributed by atoms with E-state index in [2.05, 4.69) is 0 Å². The molecule has 9 unspecified atom stereocenters. The van der Waals surface area contributed by atoms with Crippen LogP contribution in [0.25, 0.3) is 22.3 Å². The smallest absolute Gasteiger partial charge is 0.197 e. The molecule has 13 nitrogen and oxygen atoms in total. The molecule has 3 aromatic rings. The van der Waals surface area contributed by atoms with Gasteiger partial charge in [0.1, 0.15) is 64.5 Å². The molecule has 13 heteroatoms. The Labute approximate surface area is 226 Å². The number of phenolic OH excluding ortho intramolecular Hbond substituents is 3. The lowest BCUT2D eigenvalue weighted by atomic mass is 9.90. The Morgan fingerprint density at radius 2 is 1.50 bits per heavy atom. The highest BCUT2D eigenvalue weighted by molar-refractivity contribution is 5.92. The summed E-state index contributed by atoms with van der Waals surface area (Å²) in [5.41, 5.74) is -0.884. The minimum absolute atomic E-state index is 0.00347. The highest BCUT2D eigenvalue weighted by atomic mass is 16.7. The van der Waals surface area contributed by atoms with Crippen molar-refractivity contribution in [2.24, 2.45) is 0 Å². The van der Waals surface area contributed by atoms with E-state index in [0.29, 0.717) is 5.56 Å². The van der Waals surface area contributed by atoms with Crippen LogP contribution < -0.4 is 5.43 Å². The molecule has 0 radical (unpaired) electrons. The molecule has 7 N–H and O–H groups in total. The van der Waals surface area contributed by atoms with Gasteiger partial charge in [0.25, 0.3) is 0 Å². The molecule has 0 bridgehead atoms. The third-order valence-corrected chi connectivity index (χ3v) is 7.19. The fourth-order valence-corrected chi connectivity index (χ4v) is 4.91. The monoisotopic (exact) mass is 560 g/mol. The molecule has 0 aliphatic carbocycles. The van der Waals surface area contributed by atoms with Crippen molar-refractivity contribution in [1.29, 1.82) is 0 Å². The maximum absolute atomic E-state index is 13.1. The Balaban J connectivity index is 1.58. The summed E-state index contributed by atoms with van der Waals surface area (Å²) in [6, 6.07) is 7.92. The van der Waals surface area contributed by atoms with Gasteiger partial charge in [-0.25, -0.2) is 0 Å². The molecule has 9 atom stereocenters. The number of aromatic hydroxyl groups is 3. The van der Waals surface area contributed by atoms with Crippen LogP contribution in [0.5, 0.6) is 17.2 Å². The summed E-state index contributed by atoms with van der Waals surface area (Å²) < 4.78 is 22.6. The lowest BCUT2D eigenvalue weighted by Gasteiger charge is -2.43. The van der Waals surface area contributed by atoms with Crippen LogP contribution in [0, 0.1) is 0 Å². The number of ether oxygens (including phenoxy) is 3. The Kier molecular flexibility index (Phi) is 7.31. The Morgan fingerprint density at radius 3 is 2.17 bits per heavy atom. The number of Topliss-reactive ketones (excluding diaryl/α,β-unsaturated/α-hetero) is 1. The van der Waals surface area contributed by atoms with Gasteiger partial charge >= 0.3 is 0 Å². The normalized spacial score (nSPS) is 32.9. The van der Waals surface area contributed by atoms with E-state index in [4.69, 9.17) is 18.6 Å². The van der Waals surface area contributed by atoms with Crippen molar-refractivity contribution >= 4 is 16.8 Å². The Morgan fingerprint density at radius 1 is 0.825 bits per heavy atom. The van der Waals surface area contributed by atoms with Gasteiger partial charge in [0, 0.05) is 17.7 Å². The van der Waals surface area contributed by atoms with Gasteiger partial charge in [0.15, 0.2) is 23.6 Å². The average molecular weight is 561 g/mol. The molecule has 40 heavy (non-hydrogen) atoms. The molecule has 0 spiro atoms. The predicted octanol–water partition coefficient (Wildman–Crippen LogP) is 0.179. The minimum atomic E-state index is -1.81. The predicted molar refractivity (Wildman–Crippen MR) is 134 cm³/mol. The van der Waals surface area contributed by atoms with Gasteiger partial charge < -0.3 is 54.4 Å². The first-order valence-corrected chi connectivity index (χ1v) is 12.4. The maximum atomic E-state index is 13.1. The molecule has 2 aliphatic rings. The van der Waals surface area contributed by atoms with Crippen LogP contribution >= 0.6 is 0 Å². The van der Waals surface area contributed by atoms with Gasteiger partial charge in [-0.3, -0.25) is 9.59 Å². The van der Waals surface area contributed by atoms with E-state index in [1.807, 2.05) is 0 Å². The zero-order chi connectivity index (χ0) is 29.0. The van der Waals surface area contributed by atoms with Crippen molar-refractivity contribution < 1.29 is 59.2 Å². The molecule has 0 saturated carbocycles. The van der Waals surface area contributed by atoms with Crippen molar-refractivity contribution in [3.05, 3.63) is 52.2 Å². The van der Waals surface area contributed by atoms with E-state index in [9.17, 15) is 45.3 Å². The second-order valence-electron chi connectivity index (χ2n) is 9.90. The number of ketones is 1. The first-order valence-electron chi connectivity index (χ1n) is 12.4. The van der Waals surface area contributed by atoms with E-state index >= 15 is 0 Å². The van der Waals surface area contributed by atoms with Crippen LogP contribution in [0.1, 0.15) is 25.5 Å². The second-order valence-corrected chi connectivity index (χ2v) is 9.90. The summed E-state index contributed by atoms with van der Waals surface area (Å²) in [5, 5.41) is 72.2. The standard InChI is InChI=1S/C27H28O13/c1-9-20(32)23(35)26(40-27-24(36)22(34)19(31)10(2)38-27)25(37-9)18-14(30)8-16-17(21(18)33)13(29)7-15(39-16)11-3-5-12(28)6-4-11/h3-10,19-20,22,24-28,30-34,36H,1-2H3. The molecular formula is C27H28O13. The number of benzene rings is 2. The molecule has 2 aromatic carbocycles. The topological polar surface area (TPSA) is 217 Å². The van der Waals surface area contributed by atoms with Gasteiger partial charge in [-0.15, -0.1) is 0 Å². The molecule has 1 aromatic heterocycles. The number of aliphatic hydroxyl groups is 4. The Bertz CT molecular complexity index is 1480. The van der Waals surface area contributed by atoms with Crippen molar-refractivity contribution in [2.75, 3.05) is 0 Å². The van der Waals surface area contributed by atoms with Gasteiger partial charge in [0.2, 0.25) is 0 Å². The largest absolute Gasteiger partial charge is 0.508 e. The molecule has 214 valence electrons.